The molecule has 6 nitrogen and oxygen atoms in total. The lowest BCUT2D eigenvalue weighted by Crippen LogP contribution is -2.39. The summed E-state index contributed by atoms with van der Waals surface area (Å²) >= 11 is 2.05. The van der Waals surface area contributed by atoms with Gasteiger partial charge in [-0.1, -0.05) is 0 Å². The summed E-state index contributed by atoms with van der Waals surface area (Å²) < 4.78 is 29.4. The van der Waals surface area contributed by atoms with Gasteiger partial charge in [0.05, 0.1) is 32.1 Å². The number of anilines is 1. The number of hydrogen-bond donors (Lipinski definition) is 0. The lowest BCUT2D eigenvalue weighted by Gasteiger charge is -2.32. The Labute approximate surface area is 146 Å². The summed E-state index contributed by atoms with van der Waals surface area (Å²) in [7, 11) is 2.42. The second-order valence-corrected chi connectivity index (χ2v) is 5.85. The Hall–Kier alpha value is -1.68. The summed E-state index contributed by atoms with van der Waals surface area (Å²) in [4.78, 5) is 25.5. The molecular weight excluding hydrogens is 420 g/mol. The zero-order chi connectivity index (χ0) is 17.1. The number of carbonyl (C=O) groups excluding carboxylic acids is 2. The minimum absolute atomic E-state index is 0.00600. The van der Waals surface area contributed by atoms with Crippen LogP contribution in [0.2, 0.25) is 0 Å². The van der Waals surface area contributed by atoms with E-state index in [2.05, 4.69) is 4.74 Å². The molecule has 124 valence electrons. The molecule has 1 aromatic carbocycles. The smallest absolute Gasteiger partial charge is 0.355 e. The second kappa shape index (κ2) is 7.26. The van der Waals surface area contributed by atoms with E-state index in [9.17, 15) is 14.0 Å². The van der Waals surface area contributed by atoms with Crippen LogP contribution < -0.4 is 4.90 Å². The van der Waals surface area contributed by atoms with Crippen LogP contribution in [-0.4, -0.2) is 39.5 Å². The molecule has 1 aliphatic rings. The van der Waals surface area contributed by atoms with Crippen LogP contribution >= 0.6 is 22.6 Å². The van der Waals surface area contributed by atoms with Crippen LogP contribution in [0.25, 0.3) is 0 Å². The molecule has 2 rings (SSSR count). The van der Waals surface area contributed by atoms with Gasteiger partial charge in [0.2, 0.25) is 0 Å². The molecule has 0 bridgehead atoms. The number of halogens is 2. The van der Waals surface area contributed by atoms with Crippen molar-refractivity contribution in [2.24, 2.45) is 0 Å². The number of esters is 2. The molecule has 0 unspecified atom stereocenters. The molecule has 1 aliphatic heterocycles. The molecule has 0 atom stereocenters. The summed E-state index contributed by atoms with van der Waals surface area (Å²) in [5.41, 5.74) is 1.15. The van der Waals surface area contributed by atoms with Gasteiger partial charge in [-0.3, -0.25) is 0 Å². The van der Waals surface area contributed by atoms with Crippen molar-refractivity contribution in [3.8, 4) is 0 Å². The number of methoxy groups -OCH3 is 2. The van der Waals surface area contributed by atoms with Crippen molar-refractivity contribution in [1.29, 1.82) is 0 Å². The van der Waals surface area contributed by atoms with Crippen LogP contribution in [-0.2, 0) is 23.8 Å². The molecule has 1 heterocycles. The van der Waals surface area contributed by atoms with Crippen molar-refractivity contribution < 1.29 is 28.2 Å². The normalized spacial score (nSPS) is 14.7. The maximum absolute atomic E-state index is 13.8. The zero-order valence-electron chi connectivity index (χ0n) is 12.8. The van der Waals surface area contributed by atoms with E-state index in [1.807, 2.05) is 22.6 Å². The van der Waals surface area contributed by atoms with E-state index in [-0.39, 0.29) is 24.6 Å². The lowest BCUT2D eigenvalue weighted by molar-refractivity contribution is -0.140. The van der Waals surface area contributed by atoms with Crippen molar-refractivity contribution in [3.63, 3.8) is 0 Å². The zero-order valence-corrected chi connectivity index (χ0v) is 15.0. The molecule has 0 saturated carbocycles. The third-order valence-corrected chi connectivity index (χ3v) is 4.73. The average Bonchev–Trinajstić information content (AvgIpc) is 2.55. The fraction of sp³-hybridized carbons (Fsp3) is 0.333. The first-order valence-electron chi connectivity index (χ1n) is 6.61. The molecule has 0 N–H and O–H groups in total. The molecular formula is C15H15FINO5. The molecule has 0 fully saturated rings. The molecule has 0 aliphatic carbocycles. The van der Waals surface area contributed by atoms with E-state index in [0.29, 0.717) is 11.3 Å². The molecule has 0 saturated heterocycles. The highest BCUT2D eigenvalue weighted by Gasteiger charge is 2.33. The topological polar surface area (TPSA) is 65.1 Å². The SMILES string of the molecule is COC(=O)C1=C(C(=O)OC)N(c2cc(F)cc(C)c2I)COC1. The fourth-order valence-corrected chi connectivity index (χ4v) is 2.84. The van der Waals surface area contributed by atoms with Gasteiger partial charge in [-0.2, -0.15) is 0 Å². The highest BCUT2D eigenvalue weighted by atomic mass is 127. The van der Waals surface area contributed by atoms with Crippen LogP contribution in [0.4, 0.5) is 10.1 Å². The summed E-state index contributed by atoms with van der Waals surface area (Å²) in [5.74, 6) is -1.86. The van der Waals surface area contributed by atoms with Crippen LogP contribution in [0, 0.1) is 16.3 Å². The average molecular weight is 435 g/mol. The fourth-order valence-electron chi connectivity index (χ4n) is 2.24. The number of hydrogen-bond acceptors (Lipinski definition) is 6. The lowest BCUT2D eigenvalue weighted by atomic mass is 10.1. The van der Waals surface area contributed by atoms with Gasteiger partial charge in [0, 0.05) is 3.57 Å². The Morgan fingerprint density at radius 1 is 1.26 bits per heavy atom. The summed E-state index contributed by atoms with van der Waals surface area (Å²) in [6.45, 7) is 1.66. The Balaban J connectivity index is 2.65. The van der Waals surface area contributed by atoms with E-state index in [0.717, 1.165) is 3.57 Å². The number of aryl methyl sites for hydroxylation is 1. The van der Waals surface area contributed by atoms with Gasteiger partial charge in [-0.25, -0.2) is 14.0 Å². The van der Waals surface area contributed by atoms with Crippen molar-refractivity contribution in [3.05, 3.63) is 38.4 Å². The first kappa shape index (κ1) is 17.7. The minimum atomic E-state index is -0.716. The van der Waals surface area contributed by atoms with Gasteiger partial charge >= 0.3 is 11.9 Å². The predicted octanol–water partition coefficient (Wildman–Crippen LogP) is 2.13. The number of carbonyl (C=O) groups is 2. The van der Waals surface area contributed by atoms with Gasteiger partial charge in [-0.15, -0.1) is 0 Å². The van der Waals surface area contributed by atoms with Crippen LogP contribution in [0.1, 0.15) is 5.56 Å². The molecule has 0 amide bonds. The third-order valence-electron chi connectivity index (χ3n) is 3.32. The van der Waals surface area contributed by atoms with Crippen molar-refractivity contribution in [1.82, 2.24) is 0 Å². The summed E-state index contributed by atoms with van der Waals surface area (Å²) in [6.07, 6.45) is 0. The van der Waals surface area contributed by atoms with Crippen molar-refractivity contribution >= 4 is 40.2 Å². The van der Waals surface area contributed by atoms with Crippen LogP contribution in [0.3, 0.4) is 0 Å². The Morgan fingerprint density at radius 3 is 2.52 bits per heavy atom. The van der Waals surface area contributed by atoms with E-state index >= 15 is 0 Å². The number of benzene rings is 1. The van der Waals surface area contributed by atoms with Gasteiger partial charge in [-0.05, 0) is 47.2 Å². The largest absolute Gasteiger partial charge is 0.466 e. The quantitative estimate of drug-likeness (QED) is 0.536. The maximum Gasteiger partial charge on any atom is 0.355 e. The first-order chi connectivity index (χ1) is 10.9. The van der Waals surface area contributed by atoms with Gasteiger partial charge in [0.15, 0.2) is 0 Å². The Kier molecular flexibility index (Phi) is 5.58. The van der Waals surface area contributed by atoms with Crippen molar-refractivity contribution in [2.45, 2.75) is 6.92 Å². The first-order valence-corrected chi connectivity index (χ1v) is 7.69. The van der Waals surface area contributed by atoms with Crippen molar-refractivity contribution in [2.75, 3.05) is 32.5 Å². The molecule has 8 heteroatoms. The molecule has 23 heavy (non-hydrogen) atoms. The Bertz CT molecular complexity index is 689. The Morgan fingerprint density at radius 2 is 1.91 bits per heavy atom. The van der Waals surface area contributed by atoms with Crippen LogP contribution in [0.5, 0.6) is 0 Å². The highest BCUT2D eigenvalue weighted by molar-refractivity contribution is 14.1. The van der Waals surface area contributed by atoms with E-state index in [4.69, 9.17) is 9.47 Å². The second-order valence-electron chi connectivity index (χ2n) is 4.77. The third kappa shape index (κ3) is 3.47. The predicted molar refractivity (Wildman–Crippen MR) is 88.2 cm³/mol. The molecule has 0 radical (unpaired) electrons. The van der Waals surface area contributed by atoms with Gasteiger partial charge in [0.1, 0.15) is 18.2 Å². The van der Waals surface area contributed by atoms with E-state index in [1.54, 1.807) is 6.92 Å². The van der Waals surface area contributed by atoms with Crippen LogP contribution in [0.15, 0.2) is 23.4 Å². The van der Waals surface area contributed by atoms with Gasteiger partial charge in [0.25, 0.3) is 0 Å². The number of ether oxygens (including phenoxy) is 3. The van der Waals surface area contributed by atoms with E-state index < -0.39 is 17.8 Å². The standard InChI is InChI=1S/C15H15FINO5/c1-8-4-9(16)5-11(12(8)17)18-7-23-6-10(14(19)21-2)13(18)15(20)22-3/h4-5H,6-7H2,1-3H3. The number of nitrogens with zero attached hydrogens (tertiary/aromatic N) is 1. The summed E-state index contributed by atoms with van der Waals surface area (Å²) in [5, 5.41) is 0. The molecule has 0 spiro atoms. The summed E-state index contributed by atoms with van der Waals surface area (Å²) in [6, 6.07) is 2.67. The molecule has 0 aromatic heterocycles. The molecule has 1 aromatic rings. The highest BCUT2D eigenvalue weighted by Crippen LogP contribution is 2.32. The van der Waals surface area contributed by atoms with Gasteiger partial charge < -0.3 is 19.1 Å². The minimum Gasteiger partial charge on any atom is -0.466 e. The van der Waals surface area contributed by atoms with E-state index in [1.165, 1.54) is 31.3 Å². The maximum atomic E-state index is 13.8. The monoisotopic (exact) mass is 435 g/mol. The number of rotatable bonds is 3.